The minimum atomic E-state index is -4.52. The van der Waals surface area contributed by atoms with Crippen LogP contribution in [0.4, 0.5) is 23.8 Å². The normalized spacial score (nSPS) is 20.7. The number of aryl methyl sites for hydroxylation is 1. The first kappa shape index (κ1) is 20.4. The standard InChI is InChI=1S/C19H23F3N6O2/c1-9(2)13-8-27(18(30)24-13)14-6-10(3)28-16(25-14)12(7-23-28)17(29)26-15(11-4-5-11)19(20,21)22/h6-7,9,11,13,15H,4-5,8H2,1-3H3,(H,24,30)(H,26,29). The molecular weight excluding hydrogens is 401 g/mol. The molecule has 1 aliphatic carbocycles. The summed E-state index contributed by atoms with van der Waals surface area (Å²) in [5, 5.41) is 9.08. The van der Waals surface area contributed by atoms with Gasteiger partial charge in [0.05, 0.1) is 12.2 Å². The number of amides is 3. The smallest absolute Gasteiger partial charge is 0.340 e. The zero-order valence-corrected chi connectivity index (χ0v) is 16.8. The molecule has 0 spiro atoms. The van der Waals surface area contributed by atoms with Crippen molar-refractivity contribution in [1.82, 2.24) is 25.2 Å². The minimum Gasteiger partial charge on any atom is -0.340 e. The lowest BCUT2D eigenvalue weighted by Crippen LogP contribution is -2.46. The zero-order chi connectivity index (χ0) is 21.8. The topological polar surface area (TPSA) is 91.6 Å². The predicted octanol–water partition coefficient (Wildman–Crippen LogP) is 2.66. The van der Waals surface area contributed by atoms with Crippen LogP contribution in [0.2, 0.25) is 0 Å². The first-order chi connectivity index (χ1) is 14.1. The van der Waals surface area contributed by atoms with E-state index in [0.29, 0.717) is 30.9 Å². The highest BCUT2D eigenvalue weighted by molar-refractivity contribution is 6.00. The van der Waals surface area contributed by atoms with E-state index >= 15 is 0 Å². The number of urea groups is 1. The number of nitrogens with one attached hydrogen (secondary N) is 2. The molecule has 2 unspecified atom stereocenters. The van der Waals surface area contributed by atoms with Gasteiger partial charge in [0, 0.05) is 18.3 Å². The second-order valence-electron chi connectivity index (χ2n) is 8.29. The van der Waals surface area contributed by atoms with Crippen LogP contribution in [0, 0.1) is 18.8 Å². The Bertz CT molecular complexity index is 998. The van der Waals surface area contributed by atoms with Gasteiger partial charge in [0.25, 0.3) is 5.91 Å². The van der Waals surface area contributed by atoms with Crippen molar-refractivity contribution >= 4 is 23.4 Å². The van der Waals surface area contributed by atoms with Crippen molar-refractivity contribution in [2.75, 3.05) is 11.4 Å². The molecule has 11 heteroatoms. The number of hydrogen-bond donors (Lipinski definition) is 2. The van der Waals surface area contributed by atoms with Crippen molar-refractivity contribution in [2.45, 2.75) is 51.9 Å². The number of hydrogen-bond acceptors (Lipinski definition) is 4. The molecule has 2 atom stereocenters. The molecule has 1 aliphatic heterocycles. The van der Waals surface area contributed by atoms with Crippen LogP contribution in [0.25, 0.3) is 5.65 Å². The van der Waals surface area contributed by atoms with Crippen LogP contribution in [0.5, 0.6) is 0 Å². The van der Waals surface area contributed by atoms with E-state index in [9.17, 15) is 22.8 Å². The van der Waals surface area contributed by atoms with Crippen molar-refractivity contribution in [3.05, 3.63) is 23.5 Å². The highest BCUT2D eigenvalue weighted by atomic mass is 19.4. The van der Waals surface area contributed by atoms with Gasteiger partial charge in [-0.1, -0.05) is 13.8 Å². The van der Waals surface area contributed by atoms with Gasteiger partial charge >= 0.3 is 12.2 Å². The van der Waals surface area contributed by atoms with Crippen LogP contribution in [-0.2, 0) is 0 Å². The fourth-order valence-corrected chi connectivity index (χ4v) is 3.65. The molecule has 4 rings (SSSR count). The molecule has 8 nitrogen and oxygen atoms in total. The summed E-state index contributed by atoms with van der Waals surface area (Å²) in [6.45, 7) is 6.12. The molecule has 2 aromatic heterocycles. The minimum absolute atomic E-state index is 0.0467. The lowest BCUT2D eigenvalue weighted by molar-refractivity contribution is -0.158. The van der Waals surface area contributed by atoms with E-state index in [0.717, 1.165) is 0 Å². The molecule has 0 radical (unpaired) electrons. The third-order valence-electron chi connectivity index (χ3n) is 5.63. The van der Waals surface area contributed by atoms with Gasteiger partial charge in [0.15, 0.2) is 5.65 Å². The molecule has 2 fully saturated rings. The van der Waals surface area contributed by atoms with Gasteiger partial charge < -0.3 is 10.6 Å². The number of carbonyl (C=O) groups is 2. The second kappa shape index (κ2) is 7.13. The number of rotatable bonds is 5. The first-order valence-electron chi connectivity index (χ1n) is 9.87. The molecule has 2 aliphatic rings. The Balaban J connectivity index is 1.65. The van der Waals surface area contributed by atoms with Crippen molar-refractivity contribution in [1.29, 1.82) is 0 Å². The highest BCUT2D eigenvalue weighted by Crippen LogP contribution is 2.40. The summed E-state index contributed by atoms with van der Waals surface area (Å²) < 4.78 is 41.3. The van der Waals surface area contributed by atoms with Crippen molar-refractivity contribution in [3.8, 4) is 0 Å². The van der Waals surface area contributed by atoms with Crippen LogP contribution >= 0.6 is 0 Å². The molecule has 162 valence electrons. The number of carbonyl (C=O) groups excluding carboxylic acids is 2. The quantitative estimate of drug-likeness (QED) is 0.772. The summed E-state index contributed by atoms with van der Waals surface area (Å²) in [6, 6.07) is -0.580. The number of halogens is 3. The maximum absolute atomic E-state index is 13.3. The fraction of sp³-hybridized carbons (Fsp3) is 0.579. The molecule has 2 N–H and O–H groups in total. The van der Waals surface area contributed by atoms with Crippen molar-refractivity contribution in [2.24, 2.45) is 11.8 Å². The van der Waals surface area contributed by atoms with E-state index in [1.165, 1.54) is 15.6 Å². The maximum atomic E-state index is 13.3. The molecule has 30 heavy (non-hydrogen) atoms. The Kier molecular flexibility index (Phi) is 4.86. The van der Waals surface area contributed by atoms with Gasteiger partial charge in [0.1, 0.15) is 17.4 Å². The molecule has 0 aromatic carbocycles. The van der Waals surface area contributed by atoms with Crippen LogP contribution in [-0.4, -0.2) is 51.3 Å². The van der Waals surface area contributed by atoms with Crippen LogP contribution in [0.15, 0.2) is 12.3 Å². The predicted molar refractivity (Wildman–Crippen MR) is 102 cm³/mol. The van der Waals surface area contributed by atoms with E-state index in [2.05, 4.69) is 20.7 Å². The monoisotopic (exact) mass is 424 g/mol. The van der Waals surface area contributed by atoms with E-state index < -0.39 is 24.0 Å². The van der Waals surface area contributed by atoms with E-state index in [1.54, 1.807) is 13.0 Å². The molecule has 1 saturated carbocycles. The molecule has 3 amide bonds. The Morgan fingerprint density at radius 1 is 1.33 bits per heavy atom. The summed E-state index contributed by atoms with van der Waals surface area (Å²) in [5.74, 6) is -0.928. The lowest BCUT2D eigenvalue weighted by Gasteiger charge is -2.21. The highest BCUT2D eigenvalue weighted by Gasteiger charge is 2.50. The van der Waals surface area contributed by atoms with Crippen LogP contribution in [0.3, 0.4) is 0 Å². The number of anilines is 1. The number of alkyl halides is 3. The van der Waals surface area contributed by atoms with Gasteiger partial charge in [0.2, 0.25) is 0 Å². The van der Waals surface area contributed by atoms with Crippen LogP contribution < -0.4 is 15.5 Å². The Hall–Kier alpha value is -2.85. The summed E-state index contributed by atoms with van der Waals surface area (Å²) in [4.78, 5) is 30.9. The zero-order valence-electron chi connectivity index (χ0n) is 16.8. The molecular formula is C19H23F3N6O2. The summed E-state index contributed by atoms with van der Waals surface area (Å²) >= 11 is 0. The lowest BCUT2D eigenvalue weighted by atomic mass is 10.1. The van der Waals surface area contributed by atoms with Gasteiger partial charge in [-0.05, 0) is 31.6 Å². The molecule has 2 aromatic rings. The summed E-state index contributed by atoms with van der Waals surface area (Å²) in [7, 11) is 0. The average molecular weight is 424 g/mol. The molecule has 3 heterocycles. The van der Waals surface area contributed by atoms with Gasteiger partial charge in [-0.15, -0.1) is 0 Å². The van der Waals surface area contributed by atoms with Crippen LogP contribution in [0.1, 0.15) is 42.7 Å². The van der Waals surface area contributed by atoms with E-state index in [-0.39, 0.29) is 29.2 Å². The molecule has 1 saturated heterocycles. The Morgan fingerprint density at radius 3 is 2.60 bits per heavy atom. The number of aromatic nitrogens is 3. The van der Waals surface area contributed by atoms with Crippen molar-refractivity contribution in [3.63, 3.8) is 0 Å². The largest absolute Gasteiger partial charge is 0.408 e. The fourth-order valence-electron chi connectivity index (χ4n) is 3.65. The van der Waals surface area contributed by atoms with E-state index in [4.69, 9.17) is 0 Å². The third kappa shape index (κ3) is 3.68. The van der Waals surface area contributed by atoms with Gasteiger partial charge in [-0.3, -0.25) is 9.69 Å². The third-order valence-corrected chi connectivity index (χ3v) is 5.63. The Morgan fingerprint density at radius 2 is 2.03 bits per heavy atom. The van der Waals surface area contributed by atoms with Crippen molar-refractivity contribution < 1.29 is 22.8 Å². The Labute approximate surface area is 170 Å². The maximum Gasteiger partial charge on any atom is 0.408 e. The average Bonchev–Trinajstić information content (AvgIpc) is 3.26. The van der Waals surface area contributed by atoms with Gasteiger partial charge in [-0.2, -0.15) is 18.3 Å². The summed E-state index contributed by atoms with van der Waals surface area (Å²) in [5.41, 5.74) is 0.652. The van der Waals surface area contributed by atoms with E-state index in [1.807, 2.05) is 13.8 Å². The summed E-state index contributed by atoms with van der Waals surface area (Å²) in [6.07, 6.45) is -2.45. The van der Waals surface area contributed by atoms with Gasteiger partial charge in [-0.25, -0.2) is 14.3 Å². The SMILES string of the molecule is Cc1cc(N2CC(C(C)C)NC2=O)nc2c(C(=O)NC(C3CC3)C(F)(F)F)cnn12. The number of nitrogens with zero attached hydrogens (tertiary/aromatic N) is 4. The molecule has 0 bridgehead atoms. The first-order valence-corrected chi connectivity index (χ1v) is 9.87. The number of fused-ring (bicyclic) bond motifs is 1. The second-order valence-corrected chi connectivity index (χ2v) is 8.29.